The number of rotatable bonds is 6. The molecule has 0 unspecified atom stereocenters. The smallest absolute Gasteiger partial charge is 0.241 e. The van der Waals surface area contributed by atoms with Crippen molar-refractivity contribution in [1.29, 1.82) is 0 Å². The lowest BCUT2D eigenvalue weighted by Crippen LogP contribution is -2.23. The highest BCUT2D eigenvalue weighted by Gasteiger charge is 2.15. The molecule has 0 aliphatic rings. The Labute approximate surface area is 146 Å². The maximum absolute atomic E-state index is 12.4. The summed E-state index contributed by atoms with van der Waals surface area (Å²) in [6, 6.07) is 10.1. The van der Waals surface area contributed by atoms with Gasteiger partial charge >= 0.3 is 0 Å². The van der Waals surface area contributed by atoms with Crippen molar-refractivity contribution in [1.82, 2.24) is 19.5 Å². The SMILES string of the molecule is COc1cccc(S(=O)(=O)NCc2cncc(-c3ccnn3C)c2)c1. The lowest BCUT2D eigenvalue weighted by atomic mass is 10.1. The van der Waals surface area contributed by atoms with Gasteiger partial charge in [0.05, 0.1) is 17.7 Å². The Morgan fingerprint density at radius 3 is 2.76 bits per heavy atom. The van der Waals surface area contributed by atoms with Crippen LogP contribution in [-0.2, 0) is 23.6 Å². The van der Waals surface area contributed by atoms with Gasteiger partial charge in [-0.25, -0.2) is 13.1 Å². The summed E-state index contributed by atoms with van der Waals surface area (Å²) in [6.45, 7) is 0.137. The number of hydrogen-bond acceptors (Lipinski definition) is 5. The first-order chi connectivity index (χ1) is 12.0. The molecule has 0 aliphatic heterocycles. The Hall–Kier alpha value is -2.71. The number of aromatic nitrogens is 3. The molecule has 3 rings (SSSR count). The summed E-state index contributed by atoms with van der Waals surface area (Å²) in [6.07, 6.45) is 5.05. The lowest BCUT2D eigenvalue weighted by Gasteiger charge is -2.09. The van der Waals surface area contributed by atoms with Crippen LogP contribution in [0.5, 0.6) is 5.75 Å². The molecule has 1 N–H and O–H groups in total. The molecule has 0 radical (unpaired) electrons. The van der Waals surface area contributed by atoms with E-state index in [1.165, 1.54) is 19.2 Å². The molecule has 0 fully saturated rings. The zero-order chi connectivity index (χ0) is 17.9. The molecule has 0 atom stereocenters. The van der Waals surface area contributed by atoms with Crippen LogP contribution in [0.2, 0.25) is 0 Å². The molecule has 0 spiro atoms. The molecule has 3 aromatic rings. The Morgan fingerprint density at radius 2 is 2.04 bits per heavy atom. The zero-order valence-corrected chi connectivity index (χ0v) is 14.7. The number of hydrogen-bond donors (Lipinski definition) is 1. The van der Waals surface area contributed by atoms with E-state index in [0.717, 1.165) is 16.8 Å². The van der Waals surface area contributed by atoms with E-state index in [1.54, 1.807) is 35.4 Å². The summed E-state index contributed by atoms with van der Waals surface area (Å²) in [7, 11) is -0.306. The second-order valence-corrected chi connectivity index (χ2v) is 7.19. The zero-order valence-electron chi connectivity index (χ0n) is 13.9. The summed E-state index contributed by atoms with van der Waals surface area (Å²) in [5, 5.41) is 4.13. The van der Waals surface area contributed by atoms with Gasteiger partial charge in [0.25, 0.3) is 0 Å². The van der Waals surface area contributed by atoms with E-state index in [-0.39, 0.29) is 11.4 Å². The monoisotopic (exact) mass is 358 g/mol. The fraction of sp³-hybridized carbons (Fsp3) is 0.176. The van der Waals surface area contributed by atoms with Crippen molar-refractivity contribution in [2.45, 2.75) is 11.4 Å². The maximum atomic E-state index is 12.4. The third-order valence-corrected chi connectivity index (χ3v) is 5.13. The van der Waals surface area contributed by atoms with Gasteiger partial charge in [-0.15, -0.1) is 0 Å². The highest BCUT2D eigenvalue weighted by molar-refractivity contribution is 7.89. The third-order valence-electron chi connectivity index (χ3n) is 3.73. The molecule has 2 aromatic heterocycles. The molecule has 0 amide bonds. The van der Waals surface area contributed by atoms with E-state index < -0.39 is 10.0 Å². The van der Waals surface area contributed by atoms with Crippen molar-refractivity contribution in [3.63, 3.8) is 0 Å². The van der Waals surface area contributed by atoms with Crippen molar-refractivity contribution in [2.75, 3.05) is 7.11 Å². The Morgan fingerprint density at radius 1 is 1.20 bits per heavy atom. The molecular formula is C17H18N4O3S. The highest BCUT2D eigenvalue weighted by Crippen LogP contribution is 2.19. The van der Waals surface area contributed by atoms with E-state index in [9.17, 15) is 8.42 Å². The Kier molecular flexibility index (Phi) is 4.82. The second-order valence-electron chi connectivity index (χ2n) is 5.43. The fourth-order valence-electron chi connectivity index (χ4n) is 2.41. The first-order valence-electron chi connectivity index (χ1n) is 7.55. The number of pyridine rings is 1. The normalized spacial score (nSPS) is 11.4. The quantitative estimate of drug-likeness (QED) is 0.728. The van der Waals surface area contributed by atoms with Crippen LogP contribution in [0, 0.1) is 0 Å². The largest absolute Gasteiger partial charge is 0.497 e. The molecule has 0 saturated heterocycles. The van der Waals surface area contributed by atoms with E-state index in [1.807, 2.05) is 19.2 Å². The van der Waals surface area contributed by atoms with E-state index >= 15 is 0 Å². The molecule has 130 valence electrons. The summed E-state index contributed by atoms with van der Waals surface area (Å²) >= 11 is 0. The van der Waals surface area contributed by atoms with Gasteiger partial charge < -0.3 is 4.74 Å². The molecule has 8 heteroatoms. The van der Waals surface area contributed by atoms with Crippen LogP contribution in [-0.4, -0.2) is 30.3 Å². The number of nitrogens with zero attached hydrogens (tertiary/aromatic N) is 3. The van der Waals surface area contributed by atoms with Gasteiger partial charge in [-0.3, -0.25) is 9.67 Å². The Bertz CT molecular complexity index is 983. The summed E-state index contributed by atoms with van der Waals surface area (Å²) in [4.78, 5) is 4.34. The van der Waals surface area contributed by atoms with Gasteiger partial charge in [0, 0.05) is 43.8 Å². The molecule has 1 aromatic carbocycles. The van der Waals surface area contributed by atoms with E-state index in [2.05, 4.69) is 14.8 Å². The van der Waals surface area contributed by atoms with Crippen LogP contribution < -0.4 is 9.46 Å². The van der Waals surface area contributed by atoms with Gasteiger partial charge in [-0.2, -0.15) is 5.10 Å². The topological polar surface area (TPSA) is 86.1 Å². The minimum atomic E-state index is -3.64. The van der Waals surface area contributed by atoms with E-state index in [4.69, 9.17) is 4.74 Å². The molecule has 0 bridgehead atoms. The first kappa shape index (κ1) is 17.1. The molecule has 0 saturated carbocycles. The lowest BCUT2D eigenvalue weighted by molar-refractivity contribution is 0.413. The van der Waals surface area contributed by atoms with Crippen molar-refractivity contribution < 1.29 is 13.2 Å². The van der Waals surface area contributed by atoms with Crippen LogP contribution in [0.25, 0.3) is 11.3 Å². The minimum Gasteiger partial charge on any atom is -0.497 e. The first-order valence-corrected chi connectivity index (χ1v) is 9.04. The van der Waals surface area contributed by atoms with Crippen molar-refractivity contribution in [3.05, 3.63) is 60.6 Å². The van der Waals surface area contributed by atoms with Gasteiger partial charge in [0.2, 0.25) is 10.0 Å². The summed E-state index contributed by atoms with van der Waals surface area (Å²) in [5.74, 6) is 0.489. The molecule has 25 heavy (non-hydrogen) atoms. The number of aryl methyl sites for hydroxylation is 1. The van der Waals surface area contributed by atoms with Crippen LogP contribution in [0.4, 0.5) is 0 Å². The van der Waals surface area contributed by atoms with Gasteiger partial charge in [-0.1, -0.05) is 6.07 Å². The summed E-state index contributed by atoms with van der Waals surface area (Å²) < 4.78 is 34.3. The van der Waals surface area contributed by atoms with Crippen molar-refractivity contribution in [3.8, 4) is 17.0 Å². The number of nitrogens with one attached hydrogen (secondary N) is 1. The predicted molar refractivity (Wildman–Crippen MR) is 93.5 cm³/mol. The van der Waals surface area contributed by atoms with Gasteiger partial charge in [0.15, 0.2) is 0 Å². The number of methoxy groups -OCH3 is 1. The van der Waals surface area contributed by atoms with Crippen LogP contribution >= 0.6 is 0 Å². The average Bonchev–Trinajstić information content (AvgIpc) is 3.06. The third kappa shape index (κ3) is 3.86. The Balaban J connectivity index is 1.78. The molecule has 0 aliphatic carbocycles. The summed E-state index contributed by atoms with van der Waals surface area (Å²) in [5.41, 5.74) is 2.54. The average molecular weight is 358 g/mol. The molecule has 2 heterocycles. The van der Waals surface area contributed by atoms with Crippen LogP contribution in [0.1, 0.15) is 5.56 Å². The van der Waals surface area contributed by atoms with Crippen LogP contribution in [0.3, 0.4) is 0 Å². The van der Waals surface area contributed by atoms with Crippen molar-refractivity contribution >= 4 is 10.0 Å². The standard InChI is InChI=1S/C17H18N4O3S/c1-21-17(6-7-19-21)14-8-13(10-18-12-14)11-20-25(22,23)16-5-3-4-15(9-16)24-2/h3-10,12,20H,11H2,1-2H3. The number of benzene rings is 1. The van der Waals surface area contributed by atoms with Crippen LogP contribution in [0.15, 0.2) is 59.9 Å². The van der Waals surface area contributed by atoms with E-state index in [0.29, 0.717) is 5.75 Å². The molecule has 7 nitrogen and oxygen atoms in total. The predicted octanol–water partition coefficient (Wildman–Crippen LogP) is 1.97. The van der Waals surface area contributed by atoms with Gasteiger partial charge in [-0.05, 0) is 29.8 Å². The second kappa shape index (κ2) is 7.04. The maximum Gasteiger partial charge on any atom is 0.241 e. The van der Waals surface area contributed by atoms with Gasteiger partial charge in [0.1, 0.15) is 5.75 Å². The van der Waals surface area contributed by atoms with Crippen molar-refractivity contribution in [2.24, 2.45) is 7.05 Å². The number of ether oxygens (including phenoxy) is 1. The fourth-order valence-corrected chi connectivity index (χ4v) is 3.46. The highest BCUT2D eigenvalue weighted by atomic mass is 32.2. The minimum absolute atomic E-state index is 0.137. The molecular weight excluding hydrogens is 340 g/mol. The number of sulfonamides is 1.